The molecule has 0 spiro atoms. The predicted molar refractivity (Wildman–Crippen MR) is 147 cm³/mol. The maximum Gasteiger partial charge on any atom is 0.283 e. The second kappa shape index (κ2) is 11.6. The van der Waals surface area contributed by atoms with Crippen molar-refractivity contribution in [2.45, 2.75) is 0 Å². The first-order valence-electron chi connectivity index (χ1n) is 12.5. The predicted octanol–water partition coefficient (Wildman–Crippen LogP) is 2.44. The van der Waals surface area contributed by atoms with Gasteiger partial charge in [0.25, 0.3) is 5.56 Å². The van der Waals surface area contributed by atoms with Gasteiger partial charge in [0.15, 0.2) is 17.3 Å². The number of carbonyl (C=O) groups is 1. The van der Waals surface area contributed by atoms with Gasteiger partial charge >= 0.3 is 0 Å². The van der Waals surface area contributed by atoms with Crippen molar-refractivity contribution in [1.29, 1.82) is 0 Å². The zero-order valence-electron chi connectivity index (χ0n) is 21.3. The molecule has 0 bridgehead atoms. The van der Waals surface area contributed by atoms with E-state index in [1.54, 1.807) is 29.2 Å². The van der Waals surface area contributed by atoms with E-state index < -0.39 is 17.2 Å². The summed E-state index contributed by atoms with van der Waals surface area (Å²) in [6.07, 6.45) is 3.72. The van der Waals surface area contributed by atoms with Crippen molar-refractivity contribution in [3.63, 3.8) is 0 Å². The first-order chi connectivity index (χ1) is 19.4. The lowest BCUT2D eigenvalue weighted by atomic mass is 10.2. The van der Waals surface area contributed by atoms with Gasteiger partial charge < -0.3 is 20.6 Å². The van der Waals surface area contributed by atoms with Crippen molar-refractivity contribution in [3.8, 4) is 5.69 Å². The molecule has 1 fully saturated rings. The number of benzene rings is 2. The van der Waals surface area contributed by atoms with Crippen LogP contribution in [0.5, 0.6) is 0 Å². The van der Waals surface area contributed by atoms with E-state index in [4.69, 9.17) is 5.11 Å². The normalized spacial score (nSPS) is 13.8. The molecule has 2 aromatic heterocycles. The Kier molecular flexibility index (Phi) is 7.75. The lowest BCUT2D eigenvalue weighted by Gasteiger charge is -2.36. The zero-order chi connectivity index (χ0) is 28.2. The largest absolute Gasteiger partial charge is 0.395 e. The number of anilines is 4. The summed E-state index contributed by atoms with van der Waals surface area (Å²) in [5.74, 6) is -1.85. The Morgan fingerprint density at radius 3 is 2.52 bits per heavy atom. The summed E-state index contributed by atoms with van der Waals surface area (Å²) in [6, 6.07) is 9.12. The number of aliphatic hydroxyl groups is 1. The second-order valence-electron chi connectivity index (χ2n) is 9.06. The smallest absolute Gasteiger partial charge is 0.283 e. The van der Waals surface area contributed by atoms with Crippen molar-refractivity contribution < 1.29 is 18.7 Å². The Morgan fingerprint density at radius 2 is 1.82 bits per heavy atom. The summed E-state index contributed by atoms with van der Waals surface area (Å²) in [7, 11) is 0. The number of rotatable bonds is 8. The van der Waals surface area contributed by atoms with Gasteiger partial charge in [0.2, 0.25) is 11.9 Å². The van der Waals surface area contributed by atoms with Crippen molar-refractivity contribution in [3.05, 3.63) is 83.6 Å². The monoisotopic (exact) mass is 548 g/mol. The fourth-order valence-electron chi connectivity index (χ4n) is 4.52. The van der Waals surface area contributed by atoms with Crippen LogP contribution in [0, 0.1) is 11.6 Å². The van der Waals surface area contributed by atoms with E-state index in [1.807, 2.05) is 4.90 Å². The van der Waals surface area contributed by atoms with Crippen LogP contribution in [0.25, 0.3) is 16.7 Å². The highest BCUT2D eigenvalue weighted by molar-refractivity contribution is 5.99. The van der Waals surface area contributed by atoms with Crippen molar-refractivity contribution >= 4 is 40.0 Å². The molecule has 0 atom stereocenters. The van der Waals surface area contributed by atoms with E-state index in [0.29, 0.717) is 44.1 Å². The number of carbonyl (C=O) groups excluding carboxylic acids is 1. The number of aromatic nitrogens is 4. The van der Waals surface area contributed by atoms with Gasteiger partial charge in [-0.2, -0.15) is 9.97 Å². The van der Waals surface area contributed by atoms with Crippen LogP contribution in [0.15, 0.2) is 66.4 Å². The Labute approximate surface area is 227 Å². The van der Waals surface area contributed by atoms with Gasteiger partial charge in [-0.05, 0) is 36.4 Å². The van der Waals surface area contributed by atoms with E-state index in [9.17, 15) is 9.59 Å². The number of nitrogens with zero attached hydrogens (tertiary/aromatic N) is 6. The number of β-amino-alcohol motifs (C(OH)–C–C–N with tert-alkyl or cyclic N) is 1. The average molecular weight is 549 g/mol. The molecule has 1 saturated heterocycles. The van der Waals surface area contributed by atoms with Crippen molar-refractivity contribution in [2.24, 2.45) is 0 Å². The minimum Gasteiger partial charge on any atom is -0.395 e. The molecule has 1 aliphatic heterocycles. The summed E-state index contributed by atoms with van der Waals surface area (Å²) in [6.45, 7) is 6.03. The van der Waals surface area contributed by atoms with Gasteiger partial charge in [-0.15, -0.1) is 0 Å². The van der Waals surface area contributed by atoms with Crippen LogP contribution in [-0.2, 0) is 4.79 Å². The van der Waals surface area contributed by atoms with Crippen LogP contribution < -0.4 is 21.1 Å². The number of hydrogen-bond donors (Lipinski definition) is 3. The minimum atomic E-state index is -0.738. The van der Waals surface area contributed by atoms with Crippen molar-refractivity contribution in [1.82, 2.24) is 24.4 Å². The SMILES string of the molecule is C=CC(=O)Nc1cccc(-n2cnc(=O)c3cnc(Nc4cc(F)c(N5CCN(CCO)CC5)c(F)c4)nc32)c1. The molecule has 0 aliphatic carbocycles. The van der Waals surface area contributed by atoms with E-state index in [-0.39, 0.29) is 40.9 Å². The standard InChI is InChI=1S/C27H26F2N8O3/c1-2-23(39)32-17-4-3-5-19(12-17)37-16-31-26(40)20-15-30-27(34-25(20)37)33-18-13-21(28)24(22(29)14-18)36-8-6-35(7-9-36)10-11-38/h2-5,12-16,38H,1,6-11H2,(H,32,39)(H,30,33,34). The topological polar surface area (TPSA) is 129 Å². The number of nitrogens with one attached hydrogen (secondary N) is 2. The highest BCUT2D eigenvalue weighted by Gasteiger charge is 2.23. The molecular formula is C27H26F2N8O3. The molecule has 3 N–H and O–H groups in total. The molecule has 0 radical (unpaired) electrons. The van der Waals surface area contributed by atoms with Crippen LogP contribution in [0.2, 0.25) is 0 Å². The molecule has 3 heterocycles. The first kappa shape index (κ1) is 26.8. The molecule has 0 unspecified atom stereocenters. The van der Waals surface area contributed by atoms with Crippen molar-refractivity contribution in [2.75, 3.05) is 54.9 Å². The average Bonchev–Trinajstić information content (AvgIpc) is 2.94. The molecule has 206 valence electrons. The molecule has 13 heteroatoms. The lowest BCUT2D eigenvalue weighted by molar-refractivity contribution is -0.111. The molecule has 11 nitrogen and oxygen atoms in total. The van der Waals surface area contributed by atoms with Gasteiger partial charge in [0, 0.05) is 50.3 Å². The van der Waals surface area contributed by atoms with Crippen LogP contribution >= 0.6 is 0 Å². The third kappa shape index (κ3) is 5.65. The zero-order valence-corrected chi connectivity index (χ0v) is 21.3. The molecule has 0 saturated carbocycles. The van der Waals surface area contributed by atoms with Crippen LogP contribution in [-0.4, -0.2) is 74.8 Å². The van der Waals surface area contributed by atoms with E-state index in [0.717, 1.165) is 18.2 Å². The molecule has 1 amide bonds. The number of hydrogen-bond acceptors (Lipinski definition) is 9. The fraction of sp³-hybridized carbons (Fsp3) is 0.222. The summed E-state index contributed by atoms with van der Waals surface area (Å²) in [5, 5.41) is 14.7. The van der Waals surface area contributed by atoms with E-state index in [1.165, 1.54) is 17.1 Å². The van der Waals surface area contributed by atoms with Crippen LogP contribution in [0.3, 0.4) is 0 Å². The number of aliphatic hydroxyl groups excluding tert-OH is 1. The molecule has 4 aromatic rings. The van der Waals surface area contributed by atoms with Gasteiger partial charge in [-0.3, -0.25) is 19.1 Å². The third-order valence-corrected chi connectivity index (χ3v) is 6.47. The highest BCUT2D eigenvalue weighted by Crippen LogP contribution is 2.29. The fourth-order valence-corrected chi connectivity index (χ4v) is 4.52. The summed E-state index contributed by atoms with van der Waals surface area (Å²) < 4.78 is 31.7. The minimum absolute atomic E-state index is 0.00660. The number of piperazine rings is 1. The maximum absolute atomic E-state index is 15.1. The third-order valence-electron chi connectivity index (χ3n) is 6.47. The maximum atomic E-state index is 15.1. The Bertz CT molecular complexity index is 1610. The Hall–Kier alpha value is -4.75. The Balaban J connectivity index is 1.43. The quantitative estimate of drug-likeness (QED) is 0.285. The first-order valence-corrected chi connectivity index (χ1v) is 12.5. The summed E-state index contributed by atoms with van der Waals surface area (Å²) in [4.78, 5) is 40.2. The molecular weight excluding hydrogens is 522 g/mol. The number of amides is 1. The molecule has 5 rings (SSSR count). The highest BCUT2D eigenvalue weighted by atomic mass is 19.1. The van der Waals surface area contributed by atoms with Gasteiger partial charge in [0.1, 0.15) is 17.4 Å². The number of halogens is 2. The van der Waals surface area contributed by atoms with Crippen LogP contribution in [0.1, 0.15) is 0 Å². The molecule has 1 aliphatic rings. The summed E-state index contributed by atoms with van der Waals surface area (Å²) >= 11 is 0. The molecule has 40 heavy (non-hydrogen) atoms. The Morgan fingerprint density at radius 1 is 1.07 bits per heavy atom. The van der Waals surface area contributed by atoms with E-state index >= 15 is 8.78 Å². The van der Waals surface area contributed by atoms with E-state index in [2.05, 4.69) is 32.2 Å². The summed E-state index contributed by atoms with van der Waals surface area (Å²) in [5.41, 5.74) is 0.663. The van der Waals surface area contributed by atoms with Crippen LogP contribution in [0.4, 0.5) is 31.8 Å². The van der Waals surface area contributed by atoms with Gasteiger partial charge in [0.05, 0.1) is 12.3 Å². The van der Waals surface area contributed by atoms with Gasteiger partial charge in [-0.25, -0.2) is 13.8 Å². The second-order valence-corrected chi connectivity index (χ2v) is 9.06. The molecule has 2 aromatic carbocycles. The van der Waals surface area contributed by atoms with Gasteiger partial charge in [-0.1, -0.05) is 12.6 Å². The number of fused-ring (bicyclic) bond motifs is 1. The lowest BCUT2D eigenvalue weighted by Crippen LogP contribution is -2.47.